The molecule has 0 fully saturated rings. The Kier molecular flexibility index (Phi) is 4.04. The van der Waals surface area contributed by atoms with Crippen LogP contribution in [-0.2, 0) is 0 Å². The fourth-order valence-electron chi connectivity index (χ4n) is 2.49. The van der Waals surface area contributed by atoms with Crippen LogP contribution in [-0.4, -0.2) is 17.1 Å². The summed E-state index contributed by atoms with van der Waals surface area (Å²) in [7, 11) is 1.64. The molecule has 0 amide bonds. The van der Waals surface area contributed by atoms with E-state index in [-0.39, 0.29) is 12.4 Å². The van der Waals surface area contributed by atoms with Gasteiger partial charge in [0.05, 0.1) is 12.8 Å². The molecule has 0 radical (unpaired) electrons. The van der Waals surface area contributed by atoms with Crippen molar-refractivity contribution in [2.24, 2.45) is 0 Å². The summed E-state index contributed by atoms with van der Waals surface area (Å²) in [4.78, 5) is 8.64. The van der Waals surface area contributed by atoms with Crippen LogP contribution < -0.4 is 10.1 Å². The minimum absolute atomic E-state index is 0. The second-order valence-corrected chi connectivity index (χ2v) is 4.82. The lowest BCUT2D eigenvalue weighted by molar-refractivity contribution is 0.417. The molecule has 0 aliphatic rings. The first-order valence-electron chi connectivity index (χ1n) is 6.89. The van der Waals surface area contributed by atoms with Crippen LogP contribution in [0.15, 0.2) is 59.3 Å². The Bertz CT molecular complexity index is 968. The number of hydrogen-bond acceptors (Lipinski definition) is 5. The highest BCUT2D eigenvalue weighted by Crippen LogP contribution is 2.33. The molecule has 2 heterocycles. The average molecular weight is 328 g/mol. The molecule has 0 spiro atoms. The van der Waals surface area contributed by atoms with Gasteiger partial charge in [-0.1, -0.05) is 24.3 Å². The second kappa shape index (κ2) is 6.14. The molecule has 116 valence electrons. The SMILES string of the molecule is COc1ccccc1Nc1ncnc2c1oc1ccccc12.Cl. The zero-order valence-corrected chi connectivity index (χ0v) is 13.1. The number of hydrogen-bond donors (Lipinski definition) is 1. The standard InChI is InChI=1S/C17H13N3O2.ClH/c1-21-14-9-5-3-7-12(14)20-17-16-15(18-10-19-17)11-6-2-4-8-13(11)22-16;/h2-10H,1H3,(H,18,19,20);1H. The third-order valence-electron chi connectivity index (χ3n) is 3.52. The van der Waals surface area contributed by atoms with Gasteiger partial charge in [0.2, 0.25) is 0 Å². The number of rotatable bonds is 3. The van der Waals surface area contributed by atoms with Gasteiger partial charge in [0.1, 0.15) is 23.2 Å². The van der Waals surface area contributed by atoms with Gasteiger partial charge in [-0.05, 0) is 24.3 Å². The van der Waals surface area contributed by atoms with E-state index in [0.29, 0.717) is 11.4 Å². The summed E-state index contributed by atoms with van der Waals surface area (Å²) >= 11 is 0. The van der Waals surface area contributed by atoms with E-state index in [1.54, 1.807) is 7.11 Å². The summed E-state index contributed by atoms with van der Waals surface area (Å²) in [6, 6.07) is 15.5. The molecule has 4 rings (SSSR count). The van der Waals surface area contributed by atoms with E-state index in [1.807, 2.05) is 48.5 Å². The number of methoxy groups -OCH3 is 1. The Balaban J connectivity index is 0.00000156. The van der Waals surface area contributed by atoms with E-state index >= 15 is 0 Å². The number of furan rings is 1. The first kappa shape index (κ1) is 15.1. The molecule has 0 saturated carbocycles. The second-order valence-electron chi connectivity index (χ2n) is 4.82. The van der Waals surface area contributed by atoms with Gasteiger partial charge in [-0.25, -0.2) is 9.97 Å². The van der Waals surface area contributed by atoms with Crippen LogP contribution in [0, 0.1) is 0 Å². The number of ether oxygens (including phenoxy) is 1. The summed E-state index contributed by atoms with van der Waals surface area (Å²) in [6.07, 6.45) is 1.53. The molecule has 6 heteroatoms. The van der Waals surface area contributed by atoms with Gasteiger partial charge in [-0.2, -0.15) is 0 Å². The lowest BCUT2D eigenvalue weighted by atomic mass is 10.2. The van der Waals surface area contributed by atoms with E-state index in [2.05, 4.69) is 15.3 Å². The summed E-state index contributed by atoms with van der Waals surface area (Å²) in [5.41, 5.74) is 3.05. The molecule has 2 aromatic carbocycles. The van der Waals surface area contributed by atoms with Crippen LogP contribution in [0.2, 0.25) is 0 Å². The highest BCUT2D eigenvalue weighted by molar-refractivity contribution is 6.05. The molecule has 0 unspecified atom stereocenters. The summed E-state index contributed by atoms with van der Waals surface area (Å²) in [5.74, 6) is 1.36. The lowest BCUT2D eigenvalue weighted by Gasteiger charge is -2.09. The number of anilines is 2. The van der Waals surface area contributed by atoms with E-state index in [1.165, 1.54) is 6.33 Å². The number of aromatic nitrogens is 2. The number of halogens is 1. The Hall–Kier alpha value is -2.79. The monoisotopic (exact) mass is 327 g/mol. The maximum atomic E-state index is 5.90. The van der Waals surface area contributed by atoms with Gasteiger partial charge < -0.3 is 14.5 Å². The number of para-hydroxylation sites is 3. The lowest BCUT2D eigenvalue weighted by Crippen LogP contribution is -1.97. The predicted octanol–water partition coefficient (Wildman–Crippen LogP) is 4.55. The number of nitrogens with one attached hydrogen (secondary N) is 1. The van der Waals surface area contributed by atoms with Crippen LogP contribution in [0.4, 0.5) is 11.5 Å². The molecule has 23 heavy (non-hydrogen) atoms. The van der Waals surface area contributed by atoms with Crippen molar-refractivity contribution in [3.05, 3.63) is 54.9 Å². The summed E-state index contributed by atoms with van der Waals surface area (Å²) < 4.78 is 11.3. The molecule has 0 aliphatic heterocycles. The zero-order valence-electron chi connectivity index (χ0n) is 12.3. The van der Waals surface area contributed by atoms with Gasteiger partial charge in [-0.3, -0.25) is 0 Å². The van der Waals surface area contributed by atoms with Crippen molar-refractivity contribution >= 4 is 46.0 Å². The molecule has 5 nitrogen and oxygen atoms in total. The number of benzene rings is 2. The smallest absolute Gasteiger partial charge is 0.196 e. The van der Waals surface area contributed by atoms with Crippen molar-refractivity contribution in [2.45, 2.75) is 0 Å². The molecular formula is C17H14ClN3O2. The van der Waals surface area contributed by atoms with Crippen LogP contribution >= 0.6 is 12.4 Å². The highest BCUT2D eigenvalue weighted by atomic mass is 35.5. The number of nitrogens with zero attached hydrogens (tertiary/aromatic N) is 2. The van der Waals surface area contributed by atoms with Crippen LogP contribution in [0.1, 0.15) is 0 Å². The van der Waals surface area contributed by atoms with E-state index in [4.69, 9.17) is 9.15 Å². The Morgan fingerprint density at radius 3 is 2.65 bits per heavy atom. The van der Waals surface area contributed by atoms with Gasteiger partial charge >= 0.3 is 0 Å². The topological polar surface area (TPSA) is 60.2 Å². The van der Waals surface area contributed by atoms with Crippen LogP contribution in [0.3, 0.4) is 0 Å². The molecule has 0 aliphatic carbocycles. The molecule has 1 N–H and O–H groups in total. The average Bonchev–Trinajstić information content (AvgIpc) is 2.95. The first-order valence-corrected chi connectivity index (χ1v) is 6.89. The van der Waals surface area contributed by atoms with Crippen molar-refractivity contribution in [3.8, 4) is 5.75 Å². The van der Waals surface area contributed by atoms with Crippen molar-refractivity contribution in [1.82, 2.24) is 9.97 Å². The minimum atomic E-state index is 0. The van der Waals surface area contributed by atoms with Gasteiger partial charge in [0.15, 0.2) is 11.4 Å². The molecular weight excluding hydrogens is 314 g/mol. The Morgan fingerprint density at radius 1 is 1.00 bits per heavy atom. The van der Waals surface area contributed by atoms with Crippen molar-refractivity contribution in [1.29, 1.82) is 0 Å². The largest absolute Gasteiger partial charge is 0.495 e. The molecule has 0 saturated heterocycles. The van der Waals surface area contributed by atoms with E-state index < -0.39 is 0 Å². The number of fused-ring (bicyclic) bond motifs is 3. The normalized spacial score (nSPS) is 10.5. The van der Waals surface area contributed by atoms with Crippen molar-refractivity contribution in [3.63, 3.8) is 0 Å². The van der Waals surface area contributed by atoms with Gasteiger partial charge in [-0.15, -0.1) is 12.4 Å². The van der Waals surface area contributed by atoms with Crippen LogP contribution in [0.5, 0.6) is 5.75 Å². The van der Waals surface area contributed by atoms with Crippen LogP contribution in [0.25, 0.3) is 22.1 Å². The van der Waals surface area contributed by atoms with E-state index in [0.717, 1.165) is 27.9 Å². The highest BCUT2D eigenvalue weighted by Gasteiger charge is 2.13. The molecule has 0 atom stereocenters. The van der Waals surface area contributed by atoms with Gasteiger partial charge in [0.25, 0.3) is 0 Å². The maximum Gasteiger partial charge on any atom is 0.196 e. The fraction of sp³-hybridized carbons (Fsp3) is 0.0588. The third-order valence-corrected chi connectivity index (χ3v) is 3.52. The Labute approximate surface area is 138 Å². The van der Waals surface area contributed by atoms with Crippen molar-refractivity contribution < 1.29 is 9.15 Å². The predicted molar refractivity (Wildman–Crippen MR) is 92.8 cm³/mol. The van der Waals surface area contributed by atoms with E-state index in [9.17, 15) is 0 Å². The summed E-state index contributed by atoms with van der Waals surface area (Å²) in [6.45, 7) is 0. The third kappa shape index (κ3) is 2.55. The molecule has 0 bridgehead atoms. The molecule has 4 aromatic rings. The Morgan fingerprint density at radius 2 is 1.78 bits per heavy atom. The molecule has 2 aromatic heterocycles. The quantitative estimate of drug-likeness (QED) is 0.598. The first-order chi connectivity index (χ1) is 10.9. The van der Waals surface area contributed by atoms with Crippen molar-refractivity contribution in [2.75, 3.05) is 12.4 Å². The van der Waals surface area contributed by atoms with Gasteiger partial charge in [0, 0.05) is 5.39 Å². The minimum Gasteiger partial charge on any atom is -0.495 e. The summed E-state index contributed by atoms with van der Waals surface area (Å²) in [5, 5.41) is 4.23. The zero-order chi connectivity index (χ0) is 14.9. The fourth-order valence-corrected chi connectivity index (χ4v) is 2.49. The maximum absolute atomic E-state index is 5.90.